The van der Waals surface area contributed by atoms with Gasteiger partial charge < -0.3 is 19.5 Å². The maximum Gasteiger partial charge on any atom is 0.305 e. The first kappa shape index (κ1) is 20.6. The molecule has 0 saturated heterocycles. The molecular formula is C21H25N3O5. The normalized spacial score (nSPS) is 18.5. The summed E-state index contributed by atoms with van der Waals surface area (Å²) in [7, 11) is 3.09. The van der Waals surface area contributed by atoms with E-state index in [9.17, 15) is 14.7 Å². The highest BCUT2D eigenvalue weighted by Gasteiger charge is 2.41. The van der Waals surface area contributed by atoms with Crippen molar-refractivity contribution >= 4 is 11.9 Å². The van der Waals surface area contributed by atoms with Crippen LogP contribution in [0.2, 0.25) is 0 Å². The molecule has 1 unspecified atom stereocenters. The quantitative estimate of drug-likeness (QED) is 0.644. The Morgan fingerprint density at radius 2 is 1.97 bits per heavy atom. The lowest BCUT2D eigenvalue weighted by atomic mass is 9.89. The van der Waals surface area contributed by atoms with Crippen LogP contribution in [0.4, 0.5) is 0 Å². The molecule has 1 N–H and O–H groups in total. The highest BCUT2D eigenvalue weighted by Crippen LogP contribution is 2.41. The zero-order chi connectivity index (χ0) is 21.0. The average molecular weight is 399 g/mol. The minimum absolute atomic E-state index is 0.103. The van der Waals surface area contributed by atoms with Crippen LogP contribution in [0, 0.1) is 12.3 Å². The number of benzene rings is 1. The number of terminal acetylenes is 1. The number of hydrogen-bond acceptors (Lipinski definition) is 6. The summed E-state index contributed by atoms with van der Waals surface area (Å²) in [5.41, 5.74) is 1.22. The average Bonchev–Trinajstić information content (AvgIpc) is 3.49. The second-order valence-corrected chi connectivity index (χ2v) is 7.24. The van der Waals surface area contributed by atoms with E-state index in [-0.39, 0.29) is 18.7 Å². The first-order chi connectivity index (χ1) is 13.9. The third-order valence-corrected chi connectivity index (χ3v) is 5.48. The van der Waals surface area contributed by atoms with Crippen LogP contribution in [0.3, 0.4) is 0 Å². The van der Waals surface area contributed by atoms with E-state index in [0.717, 1.165) is 11.1 Å². The van der Waals surface area contributed by atoms with Crippen molar-refractivity contribution in [3.05, 3.63) is 23.3 Å². The Balaban J connectivity index is 1.79. The standard InChI is InChI=1S/C21H25N3O5/c1-4-5-8-21(22-23-21)9-6-19(25)24-10-7-14-11-17(28-2)18(29-3)12-15(14)16(24)13-20(26)27/h1,11-12,16H,5-10,13H2,2-3H3,(H,26,27). The van der Waals surface area contributed by atoms with Crippen LogP contribution in [0.25, 0.3) is 0 Å². The van der Waals surface area contributed by atoms with Crippen molar-refractivity contribution in [1.29, 1.82) is 0 Å². The van der Waals surface area contributed by atoms with Crippen molar-refractivity contribution in [2.45, 2.75) is 50.2 Å². The second kappa shape index (κ2) is 8.52. The first-order valence-corrected chi connectivity index (χ1v) is 9.56. The summed E-state index contributed by atoms with van der Waals surface area (Å²) in [6.07, 6.45) is 7.68. The number of methoxy groups -OCH3 is 2. The van der Waals surface area contributed by atoms with Gasteiger partial charge in [0.25, 0.3) is 0 Å². The van der Waals surface area contributed by atoms with Crippen LogP contribution in [0.15, 0.2) is 22.4 Å². The number of carboxylic acid groups (broad SMARTS) is 1. The first-order valence-electron chi connectivity index (χ1n) is 9.56. The Morgan fingerprint density at radius 3 is 2.55 bits per heavy atom. The van der Waals surface area contributed by atoms with Crippen molar-refractivity contribution in [2.24, 2.45) is 10.2 Å². The Bertz CT molecular complexity index is 868. The number of ether oxygens (including phenoxy) is 2. The fourth-order valence-electron chi connectivity index (χ4n) is 3.83. The number of fused-ring (bicyclic) bond motifs is 1. The summed E-state index contributed by atoms with van der Waals surface area (Å²) in [5.74, 6) is 2.61. The van der Waals surface area contributed by atoms with Crippen molar-refractivity contribution in [3.8, 4) is 23.8 Å². The van der Waals surface area contributed by atoms with Gasteiger partial charge in [0.1, 0.15) is 0 Å². The SMILES string of the molecule is C#CCCC1(CCC(=O)N2CCc3cc(OC)c(OC)cc3C2CC(=O)O)N=N1. The number of carbonyl (C=O) groups excluding carboxylic acids is 1. The van der Waals surface area contributed by atoms with Crippen LogP contribution in [0.1, 0.15) is 49.3 Å². The summed E-state index contributed by atoms with van der Waals surface area (Å²) >= 11 is 0. The molecular weight excluding hydrogens is 374 g/mol. The van der Waals surface area contributed by atoms with E-state index >= 15 is 0 Å². The number of amides is 1. The van der Waals surface area contributed by atoms with Crippen LogP contribution < -0.4 is 9.47 Å². The predicted octanol–water partition coefficient (Wildman–Crippen LogP) is 2.96. The third-order valence-electron chi connectivity index (χ3n) is 5.48. The van der Waals surface area contributed by atoms with Gasteiger partial charge in [-0.15, -0.1) is 12.3 Å². The molecule has 3 rings (SSSR count). The van der Waals surface area contributed by atoms with Crippen molar-refractivity contribution in [3.63, 3.8) is 0 Å². The largest absolute Gasteiger partial charge is 0.493 e. The van der Waals surface area contributed by atoms with Gasteiger partial charge >= 0.3 is 5.97 Å². The summed E-state index contributed by atoms with van der Waals surface area (Å²) in [4.78, 5) is 26.2. The number of rotatable bonds is 9. The molecule has 0 bridgehead atoms. The molecule has 2 aliphatic rings. The summed E-state index contributed by atoms with van der Waals surface area (Å²) in [6.45, 7) is 0.449. The fraction of sp³-hybridized carbons (Fsp3) is 0.524. The van der Waals surface area contributed by atoms with Crippen LogP contribution in [-0.4, -0.2) is 48.3 Å². The molecule has 1 aromatic carbocycles. The zero-order valence-electron chi connectivity index (χ0n) is 16.7. The summed E-state index contributed by atoms with van der Waals surface area (Å²) < 4.78 is 10.7. The highest BCUT2D eigenvalue weighted by atomic mass is 16.5. The van der Waals surface area contributed by atoms with E-state index in [2.05, 4.69) is 16.1 Å². The molecule has 8 nitrogen and oxygen atoms in total. The lowest BCUT2D eigenvalue weighted by Gasteiger charge is -2.37. The number of nitrogens with zero attached hydrogens (tertiary/aromatic N) is 3. The highest BCUT2D eigenvalue weighted by molar-refractivity contribution is 5.79. The third kappa shape index (κ3) is 4.50. The van der Waals surface area contributed by atoms with Gasteiger partial charge in [0.05, 0.1) is 26.7 Å². The molecule has 0 radical (unpaired) electrons. The zero-order valence-corrected chi connectivity index (χ0v) is 16.7. The van der Waals surface area contributed by atoms with E-state index in [4.69, 9.17) is 15.9 Å². The van der Waals surface area contributed by atoms with Gasteiger partial charge in [0, 0.05) is 32.2 Å². The van der Waals surface area contributed by atoms with Crippen molar-refractivity contribution in [2.75, 3.05) is 20.8 Å². The number of aliphatic carboxylic acids is 1. The van der Waals surface area contributed by atoms with Gasteiger partial charge in [-0.2, -0.15) is 10.2 Å². The van der Waals surface area contributed by atoms with Gasteiger partial charge in [-0.1, -0.05) is 0 Å². The van der Waals surface area contributed by atoms with E-state index in [1.54, 1.807) is 18.1 Å². The van der Waals surface area contributed by atoms with Gasteiger partial charge in [-0.3, -0.25) is 9.59 Å². The predicted molar refractivity (Wildman–Crippen MR) is 105 cm³/mol. The van der Waals surface area contributed by atoms with Crippen LogP contribution in [0.5, 0.6) is 11.5 Å². The van der Waals surface area contributed by atoms with Gasteiger partial charge in [0.2, 0.25) is 5.91 Å². The van der Waals surface area contributed by atoms with E-state index in [1.165, 1.54) is 7.11 Å². The van der Waals surface area contributed by atoms with Crippen LogP contribution in [-0.2, 0) is 16.0 Å². The summed E-state index contributed by atoms with van der Waals surface area (Å²) in [6, 6.07) is 3.08. The Hall–Kier alpha value is -3.08. The Morgan fingerprint density at radius 1 is 1.28 bits per heavy atom. The summed E-state index contributed by atoms with van der Waals surface area (Å²) in [5, 5.41) is 17.6. The maximum absolute atomic E-state index is 13.0. The lowest BCUT2D eigenvalue weighted by Crippen LogP contribution is -2.41. The topological polar surface area (TPSA) is 101 Å². The maximum atomic E-state index is 13.0. The Kier molecular flexibility index (Phi) is 6.06. The smallest absolute Gasteiger partial charge is 0.305 e. The molecule has 0 aliphatic carbocycles. The molecule has 2 heterocycles. The molecule has 29 heavy (non-hydrogen) atoms. The van der Waals surface area contributed by atoms with Crippen molar-refractivity contribution in [1.82, 2.24) is 4.90 Å². The molecule has 0 spiro atoms. The molecule has 1 amide bonds. The second-order valence-electron chi connectivity index (χ2n) is 7.24. The van der Waals surface area contributed by atoms with Gasteiger partial charge in [-0.25, -0.2) is 0 Å². The molecule has 0 aromatic heterocycles. The lowest BCUT2D eigenvalue weighted by molar-refractivity contribution is -0.141. The molecule has 2 aliphatic heterocycles. The molecule has 154 valence electrons. The molecule has 0 fully saturated rings. The minimum Gasteiger partial charge on any atom is -0.493 e. The number of carboxylic acids is 1. The Labute approximate surface area is 169 Å². The van der Waals surface area contributed by atoms with Crippen LogP contribution >= 0.6 is 0 Å². The van der Waals surface area contributed by atoms with E-state index < -0.39 is 17.7 Å². The van der Waals surface area contributed by atoms with Crippen molar-refractivity contribution < 1.29 is 24.2 Å². The van der Waals surface area contributed by atoms with Gasteiger partial charge in [-0.05, 0) is 29.7 Å². The molecule has 0 saturated carbocycles. The van der Waals surface area contributed by atoms with E-state index in [1.807, 2.05) is 6.07 Å². The number of hydrogen-bond donors (Lipinski definition) is 1. The molecule has 1 atom stereocenters. The van der Waals surface area contributed by atoms with E-state index in [0.29, 0.717) is 43.7 Å². The minimum atomic E-state index is -0.965. The molecule has 1 aromatic rings. The van der Waals surface area contributed by atoms with Gasteiger partial charge in [0.15, 0.2) is 17.2 Å². The molecule has 8 heteroatoms. The number of carbonyl (C=O) groups is 2. The monoisotopic (exact) mass is 399 g/mol. The fourth-order valence-corrected chi connectivity index (χ4v) is 3.83.